The molecule has 0 aliphatic heterocycles. The summed E-state index contributed by atoms with van der Waals surface area (Å²) in [4.78, 5) is 11.8. The van der Waals surface area contributed by atoms with Crippen molar-refractivity contribution in [2.75, 3.05) is 7.11 Å². The fourth-order valence-corrected chi connectivity index (χ4v) is 2.11. The Hall–Kier alpha value is -0.890. The van der Waals surface area contributed by atoms with Gasteiger partial charge in [0.2, 0.25) is 0 Å². The highest BCUT2D eigenvalue weighted by molar-refractivity contribution is 6.00. The van der Waals surface area contributed by atoms with Crippen LogP contribution in [0.3, 0.4) is 0 Å². The molecule has 70 valence electrons. The molecule has 0 aromatic rings. The summed E-state index contributed by atoms with van der Waals surface area (Å²) < 4.78 is 5.33. The fraction of sp³-hybridized carbons (Fsp3) is 0.545. The molecule has 2 atom stereocenters. The van der Waals surface area contributed by atoms with Crippen molar-refractivity contribution in [3.8, 4) is 0 Å². The van der Waals surface area contributed by atoms with Crippen LogP contribution in [-0.4, -0.2) is 18.5 Å². The van der Waals surface area contributed by atoms with Crippen LogP contribution in [0.4, 0.5) is 0 Å². The van der Waals surface area contributed by atoms with E-state index in [2.05, 4.69) is 6.08 Å². The predicted octanol–water partition coefficient (Wildman–Crippen LogP) is 1.87. The Morgan fingerprint density at radius 3 is 2.92 bits per heavy atom. The third kappa shape index (κ3) is 1.17. The number of hydrogen-bond donors (Lipinski definition) is 0. The number of carbonyl (C=O) groups is 1. The zero-order chi connectivity index (χ0) is 9.47. The van der Waals surface area contributed by atoms with Gasteiger partial charge in [0.05, 0.1) is 0 Å². The average molecular weight is 178 g/mol. The summed E-state index contributed by atoms with van der Waals surface area (Å²) in [6.07, 6.45) is 7.61. The Morgan fingerprint density at radius 1 is 1.62 bits per heavy atom. The van der Waals surface area contributed by atoms with E-state index in [1.165, 1.54) is 0 Å². The lowest BCUT2D eigenvalue weighted by molar-refractivity contribution is -0.131. The SMILES string of the molecule is COC12C=CC(CC1)C(C)=CC2=O. The second-order valence-electron chi connectivity index (χ2n) is 3.85. The first-order valence-corrected chi connectivity index (χ1v) is 4.65. The van der Waals surface area contributed by atoms with Crippen molar-refractivity contribution in [3.05, 3.63) is 23.8 Å². The van der Waals surface area contributed by atoms with Gasteiger partial charge in [0.25, 0.3) is 0 Å². The number of ketones is 1. The Morgan fingerprint density at radius 2 is 2.38 bits per heavy atom. The van der Waals surface area contributed by atoms with E-state index in [1.54, 1.807) is 13.2 Å². The summed E-state index contributed by atoms with van der Waals surface area (Å²) in [6.45, 7) is 2.02. The molecule has 2 unspecified atom stereocenters. The molecule has 0 radical (unpaired) electrons. The van der Waals surface area contributed by atoms with Gasteiger partial charge in [-0.2, -0.15) is 0 Å². The monoisotopic (exact) mass is 178 g/mol. The van der Waals surface area contributed by atoms with Crippen LogP contribution in [0, 0.1) is 5.92 Å². The summed E-state index contributed by atoms with van der Waals surface area (Å²) in [7, 11) is 1.61. The van der Waals surface area contributed by atoms with Crippen molar-refractivity contribution in [2.24, 2.45) is 5.92 Å². The number of allylic oxidation sites excluding steroid dienone is 2. The van der Waals surface area contributed by atoms with Gasteiger partial charge in [0, 0.05) is 7.11 Å². The predicted molar refractivity (Wildman–Crippen MR) is 50.4 cm³/mol. The second kappa shape index (κ2) is 2.81. The molecule has 0 saturated carbocycles. The third-order valence-corrected chi connectivity index (χ3v) is 3.15. The molecular weight excluding hydrogens is 164 g/mol. The molecule has 0 N–H and O–H groups in total. The average Bonchev–Trinajstić information content (AvgIpc) is 2.34. The highest BCUT2D eigenvalue weighted by Gasteiger charge is 2.40. The smallest absolute Gasteiger partial charge is 0.191 e. The maximum absolute atomic E-state index is 11.8. The highest BCUT2D eigenvalue weighted by Crippen LogP contribution is 2.36. The van der Waals surface area contributed by atoms with Crippen LogP contribution in [0.25, 0.3) is 0 Å². The Balaban J connectivity index is 2.47. The van der Waals surface area contributed by atoms with E-state index in [-0.39, 0.29) is 5.78 Å². The molecule has 0 saturated heterocycles. The lowest BCUT2D eigenvalue weighted by atomic mass is 9.84. The zero-order valence-electron chi connectivity index (χ0n) is 8.04. The number of methoxy groups -OCH3 is 1. The quantitative estimate of drug-likeness (QED) is 0.573. The number of hydrogen-bond acceptors (Lipinski definition) is 2. The van der Waals surface area contributed by atoms with Gasteiger partial charge >= 0.3 is 0 Å². The molecule has 13 heavy (non-hydrogen) atoms. The topological polar surface area (TPSA) is 26.3 Å². The fourth-order valence-electron chi connectivity index (χ4n) is 2.11. The molecule has 0 aromatic carbocycles. The minimum absolute atomic E-state index is 0.101. The molecule has 0 fully saturated rings. The summed E-state index contributed by atoms with van der Waals surface area (Å²) in [5.41, 5.74) is 0.520. The minimum atomic E-state index is -0.645. The van der Waals surface area contributed by atoms with Crippen molar-refractivity contribution in [1.82, 2.24) is 0 Å². The third-order valence-electron chi connectivity index (χ3n) is 3.15. The van der Waals surface area contributed by atoms with Crippen molar-refractivity contribution >= 4 is 5.78 Å². The molecule has 0 amide bonds. The lowest BCUT2D eigenvalue weighted by Gasteiger charge is -2.29. The first-order chi connectivity index (χ1) is 6.18. The molecule has 2 bridgehead atoms. The molecular formula is C11H14O2. The van der Waals surface area contributed by atoms with Crippen molar-refractivity contribution in [3.63, 3.8) is 0 Å². The summed E-state index contributed by atoms with van der Waals surface area (Å²) in [5, 5.41) is 0. The van der Waals surface area contributed by atoms with Crippen molar-refractivity contribution < 1.29 is 9.53 Å². The number of ether oxygens (including phenoxy) is 1. The van der Waals surface area contributed by atoms with E-state index in [4.69, 9.17) is 4.74 Å². The van der Waals surface area contributed by atoms with E-state index in [9.17, 15) is 4.79 Å². The van der Waals surface area contributed by atoms with Gasteiger partial charge in [-0.3, -0.25) is 4.79 Å². The standard InChI is InChI=1S/C11H14O2/c1-8-7-10(12)11(13-2)5-3-9(8)4-6-11/h3,5,7,9H,4,6H2,1-2H3. The molecule has 0 aromatic heterocycles. The normalized spacial score (nSPS) is 37.5. The van der Waals surface area contributed by atoms with Crippen LogP contribution in [0.1, 0.15) is 19.8 Å². The molecule has 2 heteroatoms. The number of carbonyl (C=O) groups excluding carboxylic acids is 1. The van der Waals surface area contributed by atoms with Crippen molar-refractivity contribution in [1.29, 1.82) is 0 Å². The summed E-state index contributed by atoms with van der Waals surface area (Å²) in [5.74, 6) is 0.554. The van der Waals surface area contributed by atoms with Gasteiger partial charge in [-0.15, -0.1) is 0 Å². The first-order valence-electron chi connectivity index (χ1n) is 4.65. The molecule has 3 aliphatic rings. The van der Waals surface area contributed by atoms with Crippen LogP contribution in [0.5, 0.6) is 0 Å². The maximum atomic E-state index is 11.8. The molecule has 2 nitrogen and oxygen atoms in total. The molecule has 3 rings (SSSR count). The van der Waals surface area contributed by atoms with E-state index < -0.39 is 5.60 Å². The molecule has 0 heterocycles. The van der Waals surface area contributed by atoms with Gasteiger partial charge in [-0.1, -0.05) is 11.6 Å². The van der Waals surface area contributed by atoms with Gasteiger partial charge in [0.1, 0.15) is 5.60 Å². The van der Waals surface area contributed by atoms with Crippen LogP contribution < -0.4 is 0 Å². The van der Waals surface area contributed by atoms with Gasteiger partial charge in [0.15, 0.2) is 5.78 Å². The Labute approximate surface area is 78.3 Å². The van der Waals surface area contributed by atoms with Crippen LogP contribution in [-0.2, 0) is 9.53 Å². The zero-order valence-corrected chi connectivity index (χ0v) is 8.04. The van der Waals surface area contributed by atoms with E-state index >= 15 is 0 Å². The Kier molecular flexibility index (Phi) is 1.88. The summed E-state index contributed by atoms with van der Waals surface area (Å²) >= 11 is 0. The minimum Gasteiger partial charge on any atom is -0.366 e. The largest absolute Gasteiger partial charge is 0.366 e. The van der Waals surface area contributed by atoms with E-state index in [0.717, 1.165) is 18.4 Å². The van der Waals surface area contributed by atoms with Crippen molar-refractivity contribution in [2.45, 2.75) is 25.4 Å². The van der Waals surface area contributed by atoms with Gasteiger partial charge in [-0.05, 0) is 37.8 Å². The Bertz CT molecular complexity index is 301. The highest BCUT2D eigenvalue weighted by atomic mass is 16.5. The summed E-state index contributed by atoms with van der Waals surface area (Å²) in [6, 6.07) is 0. The lowest BCUT2D eigenvalue weighted by Crippen LogP contribution is -2.38. The molecule has 0 spiro atoms. The number of fused-ring (bicyclic) bond motifs is 2. The van der Waals surface area contributed by atoms with Crippen LogP contribution >= 0.6 is 0 Å². The van der Waals surface area contributed by atoms with Crippen LogP contribution in [0.15, 0.2) is 23.8 Å². The first kappa shape index (κ1) is 8.70. The second-order valence-corrected chi connectivity index (χ2v) is 3.85. The van der Waals surface area contributed by atoms with Gasteiger partial charge < -0.3 is 4.74 Å². The maximum Gasteiger partial charge on any atom is 0.191 e. The van der Waals surface area contributed by atoms with E-state index in [0.29, 0.717) is 5.92 Å². The number of rotatable bonds is 1. The van der Waals surface area contributed by atoms with Gasteiger partial charge in [-0.25, -0.2) is 0 Å². The van der Waals surface area contributed by atoms with E-state index in [1.807, 2.05) is 13.0 Å². The van der Waals surface area contributed by atoms with Crippen LogP contribution in [0.2, 0.25) is 0 Å². The molecule has 3 aliphatic carbocycles.